The van der Waals surface area contributed by atoms with E-state index < -0.39 is 0 Å². The van der Waals surface area contributed by atoms with Gasteiger partial charge in [0.15, 0.2) is 0 Å². The van der Waals surface area contributed by atoms with E-state index in [4.69, 9.17) is 4.74 Å². The van der Waals surface area contributed by atoms with E-state index in [2.05, 4.69) is 10.6 Å². The van der Waals surface area contributed by atoms with Gasteiger partial charge in [0.1, 0.15) is 6.61 Å². The van der Waals surface area contributed by atoms with E-state index in [1.165, 1.54) is 12.8 Å². The molecule has 0 aromatic rings. The minimum atomic E-state index is -0.289. The van der Waals surface area contributed by atoms with E-state index in [0.29, 0.717) is 32.3 Å². The average molecular weight is 241 g/mol. The number of nitrogens with one attached hydrogen (secondary N) is 2. The Hall–Kier alpha value is -1.46. The molecular formula is C11H19N3O3. The van der Waals surface area contributed by atoms with Gasteiger partial charge in [-0.1, -0.05) is 12.8 Å². The van der Waals surface area contributed by atoms with Crippen LogP contribution in [0.3, 0.4) is 0 Å². The molecule has 1 aliphatic heterocycles. The molecule has 2 N–H and O–H groups in total. The average Bonchev–Trinajstić information content (AvgIpc) is 2.91. The third-order valence-electron chi connectivity index (χ3n) is 3.20. The monoisotopic (exact) mass is 241 g/mol. The summed E-state index contributed by atoms with van der Waals surface area (Å²) in [6, 6.07) is 0.191. The zero-order valence-corrected chi connectivity index (χ0v) is 9.91. The molecule has 0 bridgehead atoms. The molecule has 6 heteroatoms. The van der Waals surface area contributed by atoms with E-state index in [-0.39, 0.29) is 12.1 Å². The summed E-state index contributed by atoms with van der Waals surface area (Å²) in [7, 11) is 0. The number of carbonyl (C=O) groups is 2. The molecule has 2 rings (SSSR count). The van der Waals surface area contributed by atoms with Crippen molar-refractivity contribution in [3.63, 3.8) is 0 Å². The summed E-state index contributed by atoms with van der Waals surface area (Å²) >= 11 is 0. The van der Waals surface area contributed by atoms with E-state index >= 15 is 0 Å². The molecule has 6 nitrogen and oxygen atoms in total. The van der Waals surface area contributed by atoms with Gasteiger partial charge in [0.25, 0.3) is 0 Å². The van der Waals surface area contributed by atoms with Crippen LogP contribution in [0.4, 0.5) is 9.59 Å². The maximum absolute atomic E-state index is 11.5. The zero-order valence-electron chi connectivity index (χ0n) is 9.91. The van der Waals surface area contributed by atoms with Crippen LogP contribution in [0.2, 0.25) is 0 Å². The summed E-state index contributed by atoms with van der Waals surface area (Å²) in [6.07, 6.45) is 4.26. The highest BCUT2D eigenvalue weighted by Gasteiger charge is 2.21. The number of cyclic esters (lactones) is 1. The van der Waals surface area contributed by atoms with Crippen LogP contribution < -0.4 is 10.6 Å². The lowest BCUT2D eigenvalue weighted by atomic mass is 10.2. The van der Waals surface area contributed by atoms with Gasteiger partial charge in [-0.25, -0.2) is 9.59 Å². The van der Waals surface area contributed by atoms with Crippen molar-refractivity contribution >= 4 is 12.1 Å². The van der Waals surface area contributed by atoms with Crippen molar-refractivity contribution in [1.29, 1.82) is 0 Å². The van der Waals surface area contributed by atoms with Crippen molar-refractivity contribution in [3.8, 4) is 0 Å². The number of hydrogen-bond donors (Lipinski definition) is 2. The minimum Gasteiger partial charge on any atom is -0.448 e. The second kappa shape index (κ2) is 5.75. The first-order chi connectivity index (χ1) is 8.25. The predicted molar refractivity (Wildman–Crippen MR) is 61.7 cm³/mol. The Morgan fingerprint density at radius 2 is 2.18 bits per heavy atom. The third kappa shape index (κ3) is 3.51. The molecule has 0 spiro atoms. The van der Waals surface area contributed by atoms with Crippen LogP contribution in [0.15, 0.2) is 0 Å². The van der Waals surface area contributed by atoms with Crippen LogP contribution in [-0.4, -0.2) is 49.3 Å². The van der Waals surface area contributed by atoms with Crippen LogP contribution in [-0.2, 0) is 4.74 Å². The molecule has 1 heterocycles. The maximum atomic E-state index is 11.5. The van der Waals surface area contributed by atoms with Crippen molar-refractivity contribution < 1.29 is 14.3 Å². The quantitative estimate of drug-likeness (QED) is 0.760. The smallest absolute Gasteiger partial charge is 0.409 e. The van der Waals surface area contributed by atoms with Gasteiger partial charge in [-0.2, -0.15) is 0 Å². The standard InChI is InChI=1S/C11H19N3O3/c15-10(13-9-3-1-2-4-9)12-5-6-14-7-8-17-11(14)16/h9H,1-8H2,(H2,12,13,15). The van der Waals surface area contributed by atoms with Crippen LogP contribution in [0.1, 0.15) is 25.7 Å². The number of carbonyl (C=O) groups excluding carboxylic acids is 2. The first kappa shape index (κ1) is 12.0. The van der Waals surface area contributed by atoms with Crippen LogP contribution in [0, 0.1) is 0 Å². The van der Waals surface area contributed by atoms with Gasteiger partial charge in [-0.3, -0.25) is 0 Å². The molecule has 0 radical (unpaired) electrons. The first-order valence-corrected chi connectivity index (χ1v) is 6.22. The molecule has 2 fully saturated rings. The SMILES string of the molecule is O=C(NCCN1CCOC1=O)NC1CCCC1. The molecule has 1 saturated heterocycles. The molecular weight excluding hydrogens is 222 g/mol. The Kier molecular flexibility index (Phi) is 4.06. The summed E-state index contributed by atoms with van der Waals surface area (Å²) in [6.45, 7) is 2.04. The lowest BCUT2D eigenvalue weighted by Crippen LogP contribution is -2.43. The second-order valence-corrected chi connectivity index (χ2v) is 4.48. The van der Waals surface area contributed by atoms with Crippen molar-refractivity contribution in [2.45, 2.75) is 31.7 Å². The number of ether oxygens (including phenoxy) is 1. The summed E-state index contributed by atoms with van der Waals surface area (Å²) in [5.74, 6) is 0. The zero-order chi connectivity index (χ0) is 12.1. The number of amides is 3. The molecule has 0 unspecified atom stereocenters. The first-order valence-electron chi connectivity index (χ1n) is 6.22. The Labute approximate surface area is 101 Å². The second-order valence-electron chi connectivity index (χ2n) is 4.48. The van der Waals surface area contributed by atoms with Gasteiger partial charge in [-0.05, 0) is 12.8 Å². The highest BCUT2D eigenvalue weighted by Crippen LogP contribution is 2.17. The van der Waals surface area contributed by atoms with Crippen molar-refractivity contribution in [2.75, 3.05) is 26.2 Å². The van der Waals surface area contributed by atoms with E-state index in [1.807, 2.05) is 0 Å². The molecule has 96 valence electrons. The molecule has 17 heavy (non-hydrogen) atoms. The molecule has 0 aromatic heterocycles. The van der Waals surface area contributed by atoms with Gasteiger partial charge in [0, 0.05) is 19.1 Å². The summed E-state index contributed by atoms with van der Waals surface area (Å²) in [5.41, 5.74) is 0. The van der Waals surface area contributed by atoms with E-state index in [9.17, 15) is 9.59 Å². The number of urea groups is 1. The van der Waals surface area contributed by atoms with E-state index in [1.54, 1.807) is 4.90 Å². The summed E-state index contributed by atoms with van der Waals surface area (Å²) in [4.78, 5) is 24.2. The highest BCUT2D eigenvalue weighted by molar-refractivity contribution is 5.74. The summed E-state index contributed by atoms with van der Waals surface area (Å²) < 4.78 is 4.79. The minimum absolute atomic E-state index is 0.135. The Balaban J connectivity index is 1.57. The molecule has 3 amide bonds. The Bertz CT molecular complexity index is 290. The molecule has 0 aromatic carbocycles. The van der Waals surface area contributed by atoms with Gasteiger partial charge in [-0.15, -0.1) is 0 Å². The van der Waals surface area contributed by atoms with Crippen LogP contribution >= 0.6 is 0 Å². The fraction of sp³-hybridized carbons (Fsp3) is 0.818. The fourth-order valence-electron chi connectivity index (χ4n) is 2.24. The normalized spacial score (nSPS) is 20.5. The van der Waals surface area contributed by atoms with Crippen molar-refractivity contribution in [1.82, 2.24) is 15.5 Å². The molecule has 2 aliphatic rings. The lowest BCUT2D eigenvalue weighted by molar-refractivity contribution is 0.158. The highest BCUT2D eigenvalue weighted by atomic mass is 16.6. The number of rotatable bonds is 4. The number of hydrogen-bond acceptors (Lipinski definition) is 3. The van der Waals surface area contributed by atoms with Gasteiger partial charge in [0.2, 0.25) is 0 Å². The Morgan fingerprint density at radius 3 is 2.82 bits per heavy atom. The third-order valence-corrected chi connectivity index (χ3v) is 3.20. The largest absolute Gasteiger partial charge is 0.448 e. The van der Waals surface area contributed by atoms with Crippen molar-refractivity contribution in [3.05, 3.63) is 0 Å². The predicted octanol–water partition coefficient (Wildman–Crippen LogP) is 0.680. The van der Waals surface area contributed by atoms with Gasteiger partial charge < -0.3 is 20.3 Å². The summed E-state index contributed by atoms with van der Waals surface area (Å²) in [5, 5.41) is 5.69. The lowest BCUT2D eigenvalue weighted by Gasteiger charge is -2.15. The molecule has 0 atom stereocenters. The van der Waals surface area contributed by atoms with Crippen LogP contribution in [0.5, 0.6) is 0 Å². The molecule has 1 aliphatic carbocycles. The van der Waals surface area contributed by atoms with Crippen LogP contribution in [0.25, 0.3) is 0 Å². The number of nitrogens with zero attached hydrogens (tertiary/aromatic N) is 1. The van der Waals surface area contributed by atoms with E-state index in [0.717, 1.165) is 12.8 Å². The van der Waals surface area contributed by atoms with Crippen molar-refractivity contribution in [2.24, 2.45) is 0 Å². The van der Waals surface area contributed by atoms with Gasteiger partial charge >= 0.3 is 12.1 Å². The van der Waals surface area contributed by atoms with Gasteiger partial charge in [0.05, 0.1) is 6.54 Å². The topological polar surface area (TPSA) is 70.7 Å². The Morgan fingerprint density at radius 1 is 1.41 bits per heavy atom. The maximum Gasteiger partial charge on any atom is 0.409 e. The molecule has 1 saturated carbocycles. The fourth-order valence-corrected chi connectivity index (χ4v) is 2.24.